The van der Waals surface area contributed by atoms with Crippen LogP contribution in [0, 0.1) is 0 Å². The van der Waals surface area contributed by atoms with Gasteiger partial charge in [0.25, 0.3) is 0 Å². The van der Waals surface area contributed by atoms with Crippen LogP contribution in [0.2, 0.25) is 0 Å². The molecule has 4 aromatic carbocycles. The third-order valence-electron chi connectivity index (χ3n) is 10.1. The molecule has 2 unspecified atom stereocenters. The Balaban J connectivity index is 0.00000187. The van der Waals surface area contributed by atoms with Gasteiger partial charge in [0.05, 0.1) is 0 Å². The third-order valence-corrected chi connectivity index (χ3v) is 16.4. The van der Waals surface area contributed by atoms with E-state index in [1.54, 1.807) is 6.56 Å². The van der Waals surface area contributed by atoms with Crippen molar-refractivity contribution in [3.63, 3.8) is 0 Å². The van der Waals surface area contributed by atoms with Gasteiger partial charge < -0.3 is 24.8 Å². The Morgan fingerprint density at radius 2 is 0.824 bits per heavy atom. The average Bonchev–Trinajstić information content (AvgIpc) is 3.97. The molecule has 0 saturated carbocycles. The van der Waals surface area contributed by atoms with Crippen LogP contribution < -0.4 is 24.8 Å². The Kier molecular flexibility index (Phi) is 9.62. The van der Waals surface area contributed by atoms with Gasteiger partial charge in [-0.3, -0.25) is 0 Å². The summed E-state index contributed by atoms with van der Waals surface area (Å²) in [7, 11) is 0. The Morgan fingerprint density at radius 3 is 1.25 bits per heavy atom. The van der Waals surface area contributed by atoms with Crippen molar-refractivity contribution >= 4 is 29.2 Å². The summed E-state index contributed by atoms with van der Waals surface area (Å²) in [5.41, 5.74) is 14.2. The monoisotopic (exact) mass is 806 g/mol. The largest absolute Gasteiger partial charge is 1.00 e. The zero-order valence-corrected chi connectivity index (χ0v) is 33.0. The second kappa shape index (κ2) is 14.3. The van der Waals surface area contributed by atoms with Crippen molar-refractivity contribution in [3.8, 4) is 41.8 Å². The van der Waals surface area contributed by atoms with Gasteiger partial charge in [-0.25, -0.2) is 0 Å². The van der Waals surface area contributed by atoms with Gasteiger partial charge in [-0.2, -0.15) is 0 Å². The summed E-state index contributed by atoms with van der Waals surface area (Å²) in [6, 6.07) is 45.3. The van der Waals surface area contributed by atoms with Gasteiger partial charge in [0.2, 0.25) is 0 Å². The predicted octanol–water partition coefficient (Wildman–Crippen LogP) is 7.14. The summed E-state index contributed by atoms with van der Waals surface area (Å²) >= 11 is 2.54. The smallest absolute Gasteiger partial charge is 1.00 e. The fourth-order valence-electron chi connectivity index (χ4n) is 7.71. The predicted molar refractivity (Wildman–Crippen MR) is 206 cm³/mol. The molecule has 4 aliphatic rings. The molecule has 0 aliphatic heterocycles. The van der Waals surface area contributed by atoms with E-state index in [1.165, 1.54) is 75.2 Å². The van der Waals surface area contributed by atoms with Crippen molar-refractivity contribution in [2.24, 2.45) is 0 Å². The summed E-state index contributed by atoms with van der Waals surface area (Å²) in [5, 5.41) is 0. The number of halogens is 2. The number of hydrogen-bond donors (Lipinski definition) is 0. The molecule has 0 amide bonds. The van der Waals surface area contributed by atoms with E-state index in [-0.39, 0.29) is 24.8 Å². The van der Waals surface area contributed by atoms with Gasteiger partial charge in [-0.1, -0.05) is 0 Å². The van der Waals surface area contributed by atoms with Crippen LogP contribution >= 0.6 is 22.7 Å². The Hall–Kier alpha value is -3.82. The Bertz CT molecular complexity index is 2300. The van der Waals surface area contributed by atoms with Gasteiger partial charge in [0, 0.05) is 0 Å². The van der Waals surface area contributed by atoms with Gasteiger partial charge >= 0.3 is 309 Å². The topological polar surface area (TPSA) is 0 Å². The minimum Gasteiger partial charge on any atom is -1.00 e. The zero-order chi connectivity index (χ0) is 32.3. The first kappa shape index (κ1) is 34.3. The zero-order valence-electron chi connectivity index (χ0n) is 27.4. The van der Waals surface area contributed by atoms with E-state index in [0.717, 1.165) is 0 Å². The van der Waals surface area contributed by atoms with E-state index in [2.05, 4.69) is 170 Å². The molecule has 0 saturated heterocycles. The minimum absolute atomic E-state index is 0. The number of fused-ring (bicyclic) bond motifs is 6. The number of thiophene rings is 2. The molecule has 0 spiro atoms. The first-order valence-corrected chi connectivity index (χ1v) is 20.9. The molecule has 0 bridgehead atoms. The van der Waals surface area contributed by atoms with Crippen molar-refractivity contribution in [3.05, 3.63) is 203 Å². The molecular formula is C46H30Cl2S2Zr. The van der Waals surface area contributed by atoms with Crippen molar-refractivity contribution in [2.75, 3.05) is 0 Å². The van der Waals surface area contributed by atoms with E-state index >= 15 is 0 Å². The van der Waals surface area contributed by atoms with E-state index in [0.29, 0.717) is 11.8 Å². The van der Waals surface area contributed by atoms with Crippen LogP contribution in [0.1, 0.15) is 34.1 Å². The molecule has 4 aliphatic carbocycles. The minimum atomic E-state index is -1.25. The molecule has 2 aromatic heterocycles. The third kappa shape index (κ3) is 6.04. The summed E-state index contributed by atoms with van der Waals surface area (Å²) in [5.74, 6) is 0.706. The summed E-state index contributed by atoms with van der Waals surface area (Å²) in [4.78, 5) is 5.31. The van der Waals surface area contributed by atoms with Gasteiger partial charge in [-0.15, -0.1) is 0 Å². The standard InChI is InChI=1S/2C23H15S.2ClH.Zr/c2*1-2-6-16(7-3-1)22-12-13-23(24-22)18-10-11-21-19(15-18)14-17-8-4-5-9-20(17)21;;;/h2*1-13,15,20H;2*1H;/q;;;;+2/p-2. The van der Waals surface area contributed by atoms with Crippen molar-refractivity contribution in [1.29, 1.82) is 0 Å². The fraction of sp³-hybridized carbons (Fsp3) is 0.0435. The maximum Gasteiger partial charge on any atom is -1.00 e. The van der Waals surface area contributed by atoms with Gasteiger partial charge in [-0.05, 0) is 0 Å². The van der Waals surface area contributed by atoms with Crippen LogP contribution in [0.4, 0.5) is 0 Å². The average molecular weight is 809 g/mol. The maximum atomic E-state index is 2.52. The van der Waals surface area contributed by atoms with E-state index in [1.807, 2.05) is 22.7 Å². The van der Waals surface area contributed by atoms with Gasteiger partial charge in [0.15, 0.2) is 0 Å². The number of rotatable bonds is 6. The van der Waals surface area contributed by atoms with Crippen LogP contribution in [0.25, 0.3) is 48.3 Å². The molecule has 2 heterocycles. The quantitative estimate of drug-likeness (QED) is 0.168. The van der Waals surface area contributed by atoms with Crippen LogP contribution in [-0.2, 0) is 23.2 Å². The summed E-state index contributed by atoms with van der Waals surface area (Å²) in [6.07, 6.45) is 18.6. The molecule has 0 N–H and O–H groups in total. The molecule has 244 valence electrons. The molecule has 0 nitrogen and oxygen atoms in total. The number of allylic oxidation sites excluding steroid dienone is 10. The second-order valence-corrected chi connectivity index (χ2v) is 18.1. The fourth-order valence-corrected chi connectivity index (χ4v) is 14.0. The first-order valence-electron chi connectivity index (χ1n) is 16.8. The normalized spacial score (nSPS) is 17.3. The van der Waals surface area contributed by atoms with Crippen LogP contribution in [-0.4, -0.2) is 0 Å². The first-order chi connectivity index (χ1) is 24.3. The SMILES string of the molecule is C1=CC2=[C]([Zr+2][C]3=C4C=CC=CC4c4ccc(-c5ccc(-c6ccccc6)s5)cc43)c3cc(-c4ccc(-c5ccccc5)s4)ccc3C2C=C1.[Cl-].[Cl-]. The van der Waals surface area contributed by atoms with Crippen molar-refractivity contribution in [1.82, 2.24) is 0 Å². The molecule has 51 heavy (non-hydrogen) atoms. The van der Waals surface area contributed by atoms with Crippen LogP contribution in [0.3, 0.4) is 0 Å². The number of benzene rings is 4. The molecule has 0 fully saturated rings. The molecule has 0 radical (unpaired) electrons. The Labute approximate surface area is 331 Å². The van der Waals surface area contributed by atoms with Crippen LogP contribution in [0.15, 0.2) is 181 Å². The molecule has 6 aromatic rings. The van der Waals surface area contributed by atoms with Gasteiger partial charge in [0.1, 0.15) is 0 Å². The van der Waals surface area contributed by atoms with Crippen molar-refractivity contribution < 1.29 is 48.0 Å². The summed E-state index contributed by atoms with van der Waals surface area (Å²) in [6.45, 7) is 0. The molecule has 2 atom stereocenters. The molecular weight excluding hydrogens is 779 g/mol. The number of hydrogen-bond acceptors (Lipinski definition) is 2. The molecule has 10 rings (SSSR count). The Morgan fingerprint density at radius 1 is 0.412 bits per heavy atom. The van der Waals surface area contributed by atoms with Crippen LogP contribution in [0.5, 0.6) is 0 Å². The summed E-state index contributed by atoms with van der Waals surface area (Å²) < 4.78 is 3.27. The van der Waals surface area contributed by atoms with E-state index in [9.17, 15) is 0 Å². The van der Waals surface area contributed by atoms with E-state index in [4.69, 9.17) is 0 Å². The second-order valence-electron chi connectivity index (χ2n) is 12.9. The maximum absolute atomic E-state index is 2.52. The van der Waals surface area contributed by atoms with E-state index < -0.39 is 23.2 Å². The molecule has 5 heteroatoms. The van der Waals surface area contributed by atoms with Crippen molar-refractivity contribution in [2.45, 2.75) is 11.8 Å².